The molecule has 2 saturated carbocycles. The van der Waals surface area contributed by atoms with Crippen LogP contribution in [0.1, 0.15) is 67.3 Å². The Labute approximate surface area is 158 Å². The molecule has 2 aromatic rings. The van der Waals surface area contributed by atoms with Crippen LogP contribution in [0.2, 0.25) is 0 Å². The first-order valence-electron chi connectivity index (χ1n) is 9.97. The van der Waals surface area contributed by atoms with Crippen molar-refractivity contribution in [1.82, 2.24) is 0 Å². The molecule has 2 aliphatic carbocycles. The number of rotatable bonds is 2. The Morgan fingerprint density at radius 3 is 2.48 bits per heavy atom. The normalized spacial score (nSPS) is 28.0. The second-order valence-electron chi connectivity index (χ2n) is 8.50. The van der Waals surface area contributed by atoms with E-state index in [1.54, 1.807) is 6.07 Å². The Morgan fingerprint density at radius 2 is 1.70 bits per heavy atom. The van der Waals surface area contributed by atoms with Crippen LogP contribution in [-0.4, -0.2) is 13.1 Å². The molecule has 2 nitrogen and oxygen atoms in total. The molecule has 2 unspecified atom stereocenters. The second-order valence-corrected chi connectivity index (χ2v) is 8.50. The Hall–Kier alpha value is -1.97. The molecule has 0 N–H and O–H groups in total. The number of hydrogen-bond donors (Lipinski definition) is 0. The van der Waals surface area contributed by atoms with Gasteiger partial charge in [-0.2, -0.15) is 0 Å². The topological polar surface area (TPSA) is 26.3 Å². The molecule has 0 saturated heterocycles. The molecule has 0 aliphatic heterocycles. The van der Waals surface area contributed by atoms with Gasteiger partial charge in [-0.05, 0) is 84.9 Å². The van der Waals surface area contributed by atoms with E-state index in [4.69, 9.17) is 0 Å². The maximum absolute atomic E-state index is 14.8. The molecule has 0 amide bonds. The Bertz CT molecular complexity index is 876. The highest BCUT2D eigenvalue weighted by atomic mass is 19.1. The zero-order valence-electron chi connectivity index (χ0n) is 15.9. The van der Waals surface area contributed by atoms with Crippen molar-refractivity contribution in [3.05, 3.63) is 47.0 Å². The van der Waals surface area contributed by atoms with Crippen molar-refractivity contribution in [3.63, 3.8) is 0 Å². The third-order valence-corrected chi connectivity index (χ3v) is 6.76. The fraction of sp³-hybridized carbons (Fsp3) is 0.522. The van der Waals surface area contributed by atoms with Gasteiger partial charge in [0.05, 0.1) is 12.7 Å². The maximum atomic E-state index is 14.8. The standard InChI is InChI=1S/C23H26F2O2/c1-13-3-4-15-8-16(6-5-14(15)7-13)17-9-18-11-22(25)20(23(26)27-2)12-19(18)21(24)10-17/h9-16H,3-8H2,1-2H3/t13?,14-,15+,16?/m0/s1. The number of hydrogen-bond acceptors (Lipinski definition) is 2. The van der Waals surface area contributed by atoms with Crippen molar-refractivity contribution in [1.29, 1.82) is 0 Å². The Balaban J connectivity index is 1.64. The molecule has 2 aliphatic rings. The van der Waals surface area contributed by atoms with E-state index in [-0.39, 0.29) is 10.9 Å². The van der Waals surface area contributed by atoms with E-state index in [2.05, 4.69) is 11.7 Å². The highest BCUT2D eigenvalue weighted by Crippen LogP contribution is 2.47. The predicted molar refractivity (Wildman–Crippen MR) is 102 cm³/mol. The van der Waals surface area contributed by atoms with E-state index < -0.39 is 17.6 Å². The summed E-state index contributed by atoms with van der Waals surface area (Å²) in [4.78, 5) is 11.7. The average Bonchev–Trinajstić information content (AvgIpc) is 2.66. The van der Waals surface area contributed by atoms with Crippen LogP contribution < -0.4 is 0 Å². The van der Waals surface area contributed by atoms with Gasteiger partial charge in [0.1, 0.15) is 11.6 Å². The van der Waals surface area contributed by atoms with E-state index in [0.29, 0.717) is 11.3 Å². The lowest BCUT2D eigenvalue weighted by atomic mass is 9.64. The van der Waals surface area contributed by atoms with Gasteiger partial charge in [0.2, 0.25) is 0 Å². The summed E-state index contributed by atoms with van der Waals surface area (Å²) < 4.78 is 33.7. The summed E-state index contributed by atoms with van der Waals surface area (Å²) in [5.41, 5.74) is 0.732. The van der Waals surface area contributed by atoms with Gasteiger partial charge < -0.3 is 4.74 Å². The summed E-state index contributed by atoms with van der Waals surface area (Å²) in [7, 11) is 1.19. The molecule has 4 atom stereocenters. The number of carbonyl (C=O) groups excluding carboxylic acids is 1. The first-order valence-corrected chi connectivity index (χ1v) is 9.97. The SMILES string of the molecule is COC(=O)c1cc2c(F)cc(C3CC[C@H]4CC(C)CC[C@@H]4C3)cc2cc1F. The van der Waals surface area contributed by atoms with Crippen LogP contribution in [0.5, 0.6) is 0 Å². The Kier molecular flexibility index (Phi) is 4.92. The van der Waals surface area contributed by atoms with Gasteiger partial charge in [-0.3, -0.25) is 0 Å². The van der Waals surface area contributed by atoms with Crippen molar-refractivity contribution in [2.45, 2.75) is 51.4 Å². The fourth-order valence-corrected chi connectivity index (χ4v) is 5.29. The lowest BCUT2D eigenvalue weighted by molar-refractivity contribution is 0.0595. The third kappa shape index (κ3) is 3.46. The number of benzene rings is 2. The average molecular weight is 372 g/mol. The van der Waals surface area contributed by atoms with Crippen molar-refractivity contribution in [2.24, 2.45) is 17.8 Å². The molecule has 0 spiro atoms. The van der Waals surface area contributed by atoms with Crippen molar-refractivity contribution in [2.75, 3.05) is 7.11 Å². The highest BCUT2D eigenvalue weighted by Gasteiger charge is 2.35. The van der Waals surface area contributed by atoms with Gasteiger partial charge >= 0.3 is 5.97 Å². The number of ether oxygens (including phenoxy) is 1. The van der Waals surface area contributed by atoms with E-state index in [1.807, 2.05) is 6.07 Å². The van der Waals surface area contributed by atoms with Crippen LogP contribution in [0.15, 0.2) is 24.3 Å². The molecule has 144 valence electrons. The minimum atomic E-state index is -0.789. The molecule has 4 rings (SSSR count). The van der Waals surface area contributed by atoms with Gasteiger partial charge in [0.15, 0.2) is 0 Å². The smallest absolute Gasteiger partial charge is 0.340 e. The minimum Gasteiger partial charge on any atom is -0.465 e. The number of halogens is 2. The van der Waals surface area contributed by atoms with E-state index in [9.17, 15) is 13.6 Å². The fourth-order valence-electron chi connectivity index (χ4n) is 5.29. The third-order valence-electron chi connectivity index (χ3n) is 6.76. The molecular formula is C23H26F2O2. The van der Waals surface area contributed by atoms with E-state index in [1.165, 1.54) is 44.9 Å². The largest absolute Gasteiger partial charge is 0.465 e. The van der Waals surface area contributed by atoms with Gasteiger partial charge in [-0.1, -0.05) is 19.4 Å². The number of methoxy groups -OCH3 is 1. The summed E-state index contributed by atoms with van der Waals surface area (Å²) in [5.74, 6) is 0.855. The molecular weight excluding hydrogens is 346 g/mol. The maximum Gasteiger partial charge on any atom is 0.340 e. The summed E-state index contributed by atoms with van der Waals surface area (Å²) in [6.07, 6.45) is 7.27. The summed E-state index contributed by atoms with van der Waals surface area (Å²) in [5, 5.41) is 0.773. The molecule has 27 heavy (non-hydrogen) atoms. The van der Waals surface area contributed by atoms with Crippen LogP contribution in [0.25, 0.3) is 10.8 Å². The highest BCUT2D eigenvalue weighted by molar-refractivity contribution is 5.96. The zero-order valence-corrected chi connectivity index (χ0v) is 15.9. The van der Waals surface area contributed by atoms with Gasteiger partial charge in [0.25, 0.3) is 0 Å². The number of carbonyl (C=O) groups is 1. The van der Waals surface area contributed by atoms with Gasteiger partial charge in [0, 0.05) is 5.39 Å². The van der Waals surface area contributed by atoms with Crippen molar-refractivity contribution < 1.29 is 18.3 Å². The van der Waals surface area contributed by atoms with Crippen LogP contribution in [0.4, 0.5) is 8.78 Å². The van der Waals surface area contributed by atoms with Gasteiger partial charge in [-0.15, -0.1) is 0 Å². The van der Waals surface area contributed by atoms with Crippen LogP contribution in [-0.2, 0) is 4.74 Å². The first kappa shape index (κ1) is 18.4. The summed E-state index contributed by atoms with van der Waals surface area (Å²) in [6.45, 7) is 2.35. The minimum absolute atomic E-state index is 0.228. The summed E-state index contributed by atoms with van der Waals surface area (Å²) >= 11 is 0. The van der Waals surface area contributed by atoms with Crippen LogP contribution >= 0.6 is 0 Å². The lowest BCUT2D eigenvalue weighted by Gasteiger charge is -2.41. The van der Waals surface area contributed by atoms with Crippen LogP contribution in [0.3, 0.4) is 0 Å². The molecule has 4 heteroatoms. The molecule has 0 aromatic heterocycles. The Morgan fingerprint density at radius 1 is 0.963 bits per heavy atom. The zero-order chi connectivity index (χ0) is 19.1. The quantitative estimate of drug-likeness (QED) is 0.585. The van der Waals surface area contributed by atoms with Crippen molar-refractivity contribution in [3.8, 4) is 0 Å². The number of esters is 1. The first-order chi connectivity index (χ1) is 13.0. The van der Waals surface area contributed by atoms with Crippen molar-refractivity contribution >= 4 is 16.7 Å². The molecule has 0 radical (unpaired) electrons. The summed E-state index contributed by atoms with van der Waals surface area (Å²) in [6, 6.07) is 5.99. The molecule has 2 aromatic carbocycles. The van der Waals surface area contributed by atoms with Gasteiger partial charge in [-0.25, -0.2) is 13.6 Å². The predicted octanol–water partition coefficient (Wildman–Crippen LogP) is 6.22. The monoisotopic (exact) mass is 372 g/mol. The lowest BCUT2D eigenvalue weighted by Crippen LogP contribution is -2.29. The molecule has 0 bridgehead atoms. The van der Waals surface area contributed by atoms with Crippen LogP contribution in [0, 0.1) is 29.4 Å². The van der Waals surface area contributed by atoms with E-state index >= 15 is 0 Å². The molecule has 0 heterocycles. The second kappa shape index (κ2) is 7.21. The van der Waals surface area contributed by atoms with E-state index in [0.717, 1.165) is 36.2 Å². The molecule has 2 fully saturated rings. The number of fused-ring (bicyclic) bond motifs is 2.